The van der Waals surface area contributed by atoms with E-state index in [2.05, 4.69) is 10.2 Å². The second-order valence-corrected chi connectivity index (χ2v) is 7.87. The maximum Gasteiger partial charge on any atom is 0.404 e. The molecule has 1 saturated heterocycles. The van der Waals surface area contributed by atoms with E-state index in [4.69, 9.17) is 15.1 Å². The van der Waals surface area contributed by atoms with Crippen LogP contribution in [0.1, 0.15) is 25.3 Å². The molecule has 3 aromatic rings. The second kappa shape index (κ2) is 8.18. The minimum Gasteiger partial charge on any atom is -0.507 e. The summed E-state index contributed by atoms with van der Waals surface area (Å²) in [6, 6.07) is 13.1. The van der Waals surface area contributed by atoms with Gasteiger partial charge < -0.3 is 20.4 Å². The van der Waals surface area contributed by atoms with Crippen molar-refractivity contribution in [3.05, 3.63) is 48.0 Å². The molecule has 0 spiro atoms. The van der Waals surface area contributed by atoms with E-state index >= 15 is 0 Å². The smallest absolute Gasteiger partial charge is 0.404 e. The molecule has 2 aromatic carbocycles. The van der Waals surface area contributed by atoms with E-state index in [1.165, 1.54) is 0 Å². The van der Waals surface area contributed by atoms with Gasteiger partial charge in [0.2, 0.25) is 0 Å². The van der Waals surface area contributed by atoms with Gasteiger partial charge in [0.1, 0.15) is 11.6 Å². The summed E-state index contributed by atoms with van der Waals surface area (Å²) < 4.78 is 0. The Morgan fingerprint density at radius 3 is 2.80 bits per heavy atom. The molecule has 156 valence electrons. The van der Waals surface area contributed by atoms with E-state index in [1.54, 1.807) is 12.1 Å². The fourth-order valence-corrected chi connectivity index (χ4v) is 4.27. The van der Waals surface area contributed by atoms with E-state index < -0.39 is 6.09 Å². The lowest BCUT2D eigenvalue weighted by Crippen LogP contribution is -2.40. The summed E-state index contributed by atoms with van der Waals surface area (Å²) in [5.74, 6) is 1.67. The predicted octanol–water partition coefficient (Wildman–Crippen LogP) is 4.18. The molecule has 3 N–H and O–H groups in total. The number of carbonyl (C=O) groups is 1. The van der Waals surface area contributed by atoms with Crippen LogP contribution in [0.4, 0.5) is 10.6 Å². The van der Waals surface area contributed by atoms with Gasteiger partial charge in [0.15, 0.2) is 5.82 Å². The number of rotatable bonds is 5. The Kier molecular flexibility index (Phi) is 5.44. The molecule has 0 aliphatic carbocycles. The van der Waals surface area contributed by atoms with Gasteiger partial charge in [0, 0.05) is 24.5 Å². The Morgan fingerprint density at radius 1 is 1.27 bits per heavy atom. The van der Waals surface area contributed by atoms with E-state index in [0.717, 1.165) is 48.2 Å². The number of fused-ring (bicyclic) bond motifs is 1. The zero-order valence-corrected chi connectivity index (χ0v) is 17.2. The molecule has 1 unspecified atom stereocenters. The number of phenols is 1. The molecule has 0 radical (unpaired) electrons. The number of carboxylic acid groups (broad SMARTS) is 1. The minimum absolute atomic E-state index is 0.0829. The van der Waals surface area contributed by atoms with Gasteiger partial charge in [-0.15, -0.1) is 0 Å². The average Bonchev–Trinajstić information content (AvgIpc) is 3.21. The molecule has 0 bridgehead atoms. The molecule has 1 amide bonds. The monoisotopic (exact) mass is 406 g/mol. The third-order valence-corrected chi connectivity index (χ3v) is 5.82. The van der Waals surface area contributed by atoms with Gasteiger partial charge in [-0.1, -0.05) is 25.1 Å². The number of aromatic hydroxyl groups is 1. The van der Waals surface area contributed by atoms with Crippen LogP contribution in [-0.4, -0.2) is 45.4 Å². The highest BCUT2D eigenvalue weighted by Crippen LogP contribution is 2.34. The van der Waals surface area contributed by atoms with E-state index in [9.17, 15) is 9.90 Å². The highest BCUT2D eigenvalue weighted by atomic mass is 16.4. The fourth-order valence-electron chi connectivity index (χ4n) is 4.27. The Bertz CT molecular complexity index is 1090. The lowest BCUT2D eigenvalue weighted by molar-refractivity contribution is 0.184. The first-order valence-electron chi connectivity index (χ1n) is 10.3. The summed E-state index contributed by atoms with van der Waals surface area (Å²) in [5, 5.41) is 23.1. The SMILES string of the molecule is CCC(NC(=O)O)[C@H]1CCN(c2nc(-c3ccccc3O)nc3cc(C)ccc23)C1. The van der Waals surface area contributed by atoms with Crippen molar-refractivity contribution in [2.24, 2.45) is 5.92 Å². The zero-order chi connectivity index (χ0) is 21.3. The van der Waals surface area contributed by atoms with Crippen molar-refractivity contribution in [3.8, 4) is 17.1 Å². The molecule has 4 rings (SSSR count). The third-order valence-electron chi connectivity index (χ3n) is 5.82. The zero-order valence-electron chi connectivity index (χ0n) is 17.2. The lowest BCUT2D eigenvalue weighted by atomic mass is 9.97. The van der Waals surface area contributed by atoms with Gasteiger partial charge in [-0.25, -0.2) is 14.8 Å². The molecule has 2 atom stereocenters. The number of aryl methyl sites for hydroxylation is 1. The largest absolute Gasteiger partial charge is 0.507 e. The Morgan fingerprint density at radius 2 is 2.07 bits per heavy atom. The van der Waals surface area contributed by atoms with Crippen molar-refractivity contribution < 1.29 is 15.0 Å². The Hall–Kier alpha value is -3.35. The van der Waals surface area contributed by atoms with Gasteiger partial charge >= 0.3 is 6.09 Å². The summed E-state index contributed by atoms with van der Waals surface area (Å²) in [5.41, 5.74) is 2.53. The highest BCUT2D eigenvalue weighted by Gasteiger charge is 2.31. The number of nitrogens with zero attached hydrogens (tertiary/aromatic N) is 3. The summed E-state index contributed by atoms with van der Waals surface area (Å²) in [4.78, 5) is 22.9. The van der Waals surface area contributed by atoms with E-state index in [1.807, 2.05) is 44.2 Å². The first-order valence-corrected chi connectivity index (χ1v) is 10.3. The van der Waals surface area contributed by atoms with E-state index in [-0.39, 0.29) is 17.7 Å². The molecule has 1 aliphatic rings. The fraction of sp³-hybridized carbons (Fsp3) is 0.348. The quantitative estimate of drug-likeness (QED) is 0.588. The summed E-state index contributed by atoms with van der Waals surface area (Å²) >= 11 is 0. The number of nitrogens with one attached hydrogen (secondary N) is 1. The average molecular weight is 406 g/mol. The third kappa shape index (κ3) is 3.87. The van der Waals surface area contributed by atoms with Crippen molar-refractivity contribution in [2.75, 3.05) is 18.0 Å². The molecule has 30 heavy (non-hydrogen) atoms. The van der Waals surface area contributed by atoms with E-state index in [0.29, 0.717) is 11.4 Å². The first-order chi connectivity index (χ1) is 14.5. The number of phenolic OH excluding ortho intramolecular Hbond substituents is 1. The van der Waals surface area contributed by atoms with Gasteiger partial charge in [-0.3, -0.25) is 0 Å². The Labute approximate surface area is 175 Å². The number of benzene rings is 2. The molecule has 7 heteroatoms. The number of aromatic nitrogens is 2. The van der Waals surface area contributed by atoms with Crippen LogP contribution in [0, 0.1) is 12.8 Å². The van der Waals surface area contributed by atoms with Crippen LogP contribution in [-0.2, 0) is 0 Å². The molecule has 7 nitrogen and oxygen atoms in total. The van der Waals surface area contributed by atoms with Gasteiger partial charge in [0.25, 0.3) is 0 Å². The van der Waals surface area contributed by atoms with Crippen LogP contribution < -0.4 is 10.2 Å². The molecule has 1 aromatic heterocycles. The van der Waals surface area contributed by atoms with Gasteiger partial charge in [-0.05, 0) is 55.5 Å². The molecule has 1 aliphatic heterocycles. The second-order valence-electron chi connectivity index (χ2n) is 7.87. The standard InChI is InChI=1S/C23H26N4O3/c1-3-18(25-23(29)30)15-10-11-27(13-15)22-16-9-8-14(2)12-19(16)24-21(26-22)17-6-4-5-7-20(17)28/h4-9,12,15,18,25,28H,3,10-11,13H2,1-2H3,(H,29,30)/t15-,18?/m0/s1. The molecule has 0 saturated carbocycles. The number of anilines is 1. The van der Waals surface area contributed by atoms with Gasteiger partial charge in [-0.2, -0.15) is 0 Å². The number of amides is 1. The van der Waals surface area contributed by atoms with Crippen LogP contribution in [0.5, 0.6) is 5.75 Å². The number of para-hydroxylation sites is 1. The van der Waals surface area contributed by atoms with Crippen molar-refractivity contribution in [1.29, 1.82) is 0 Å². The highest BCUT2D eigenvalue weighted by molar-refractivity contribution is 5.92. The maximum absolute atomic E-state index is 11.1. The molecule has 1 fully saturated rings. The van der Waals surface area contributed by atoms with Crippen molar-refractivity contribution >= 4 is 22.8 Å². The van der Waals surface area contributed by atoms with Crippen LogP contribution in [0.25, 0.3) is 22.3 Å². The van der Waals surface area contributed by atoms with Crippen LogP contribution >= 0.6 is 0 Å². The molecule has 2 heterocycles. The normalized spacial score (nSPS) is 17.3. The number of hydrogen-bond acceptors (Lipinski definition) is 5. The number of hydrogen-bond donors (Lipinski definition) is 3. The maximum atomic E-state index is 11.1. The topological polar surface area (TPSA) is 98.6 Å². The van der Waals surface area contributed by atoms with Crippen LogP contribution in [0.2, 0.25) is 0 Å². The van der Waals surface area contributed by atoms with Gasteiger partial charge in [0.05, 0.1) is 11.1 Å². The van der Waals surface area contributed by atoms with Crippen molar-refractivity contribution in [2.45, 2.75) is 32.7 Å². The van der Waals surface area contributed by atoms with Crippen LogP contribution in [0.3, 0.4) is 0 Å². The summed E-state index contributed by atoms with van der Waals surface area (Å²) in [6.07, 6.45) is 0.657. The summed E-state index contributed by atoms with van der Waals surface area (Å²) in [7, 11) is 0. The van der Waals surface area contributed by atoms with Crippen molar-refractivity contribution in [3.63, 3.8) is 0 Å². The van der Waals surface area contributed by atoms with Crippen molar-refractivity contribution in [1.82, 2.24) is 15.3 Å². The Balaban J connectivity index is 1.75. The predicted molar refractivity (Wildman–Crippen MR) is 117 cm³/mol. The molecular formula is C23H26N4O3. The lowest BCUT2D eigenvalue weighted by Gasteiger charge is -2.24. The van der Waals surface area contributed by atoms with Crippen LogP contribution in [0.15, 0.2) is 42.5 Å². The summed E-state index contributed by atoms with van der Waals surface area (Å²) in [6.45, 7) is 5.54. The minimum atomic E-state index is -0.981. The first kappa shape index (κ1) is 19.9. The molecular weight excluding hydrogens is 380 g/mol.